The molecule has 0 heterocycles. The number of hydrogen-bond acceptors (Lipinski definition) is 1. The van der Waals surface area contributed by atoms with Gasteiger partial charge in [0.25, 0.3) is 0 Å². The Kier molecular flexibility index (Phi) is 6.46. The van der Waals surface area contributed by atoms with Crippen molar-refractivity contribution in [2.45, 2.75) is 59.0 Å². The molecule has 2 aromatic carbocycles. The lowest BCUT2D eigenvalue weighted by Crippen LogP contribution is -2.13. The largest absolute Gasteiger partial charge is 0.486 e. The van der Waals surface area contributed by atoms with Crippen LogP contribution >= 0.6 is 0 Å². The molecule has 1 fully saturated rings. The predicted octanol–water partition coefficient (Wildman–Crippen LogP) is 6.75. The summed E-state index contributed by atoms with van der Waals surface area (Å²) in [5.41, 5.74) is 1.28. The van der Waals surface area contributed by atoms with Gasteiger partial charge in [-0.3, -0.25) is 0 Å². The molecule has 1 aliphatic rings. The predicted molar refractivity (Wildman–Crippen MR) is 101 cm³/mol. The van der Waals surface area contributed by atoms with Gasteiger partial charge in [0.05, 0.1) is 0 Å². The number of hydrogen-bond donors (Lipinski definition) is 0. The van der Waals surface area contributed by atoms with E-state index in [0.717, 1.165) is 30.2 Å². The van der Waals surface area contributed by atoms with Crippen LogP contribution in [-0.2, 0) is 13.0 Å². The maximum Gasteiger partial charge on any atom is 0.165 e. The van der Waals surface area contributed by atoms with Gasteiger partial charge in [-0.2, -0.15) is 0 Å². The van der Waals surface area contributed by atoms with E-state index in [9.17, 15) is 13.2 Å². The Labute approximate surface area is 159 Å². The average molecular weight is 376 g/mol. The van der Waals surface area contributed by atoms with Crippen molar-refractivity contribution in [1.82, 2.24) is 0 Å². The van der Waals surface area contributed by atoms with Crippen LogP contribution in [0, 0.1) is 36.2 Å². The molecule has 146 valence electrons. The van der Waals surface area contributed by atoms with E-state index >= 15 is 0 Å². The van der Waals surface area contributed by atoms with Crippen molar-refractivity contribution in [3.63, 3.8) is 0 Å². The minimum Gasteiger partial charge on any atom is -0.486 e. The molecule has 1 nitrogen and oxygen atoms in total. The van der Waals surface area contributed by atoms with Crippen LogP contribution < -0.4 is 4.74 Å². The van der Waals surface area contributed by atoms with Gasteiger partial charge in [0, 0.05) is 5.56 Å². The fourth-order valence-corrected chi connectivity index (χ4v) is 3.75. The van der Waals surface area contributed by atoms with Crippen LogP contribution in [0.4, 0.5) is 13.2 Å². The second-order valence-corrected chi connectivity index (χ2v) is 7.90. The van der Waals surface area contributed by atoms with Crippen molar-refractivity contribution < 1.29 is 17.9 Å². The molecule has 1 saturated carbocycles. The van der Waals surface area contributed by atoms with Gasteiger partial charge in [-0.25, -0.2) is 13.2 Å². The molecule has 0 aliphatic heterocycles. The summed E-state index contributed by atoms with van der Waals surface area (Å²) in [5, 5.41) is 0. The molecule has 0 bridgehead atoms. The molecule has 0 atom stereocenters. The highest BCUT2D eigenvalue weighted by Gasteiger charge is 2.18. The molecule has 0 N–H and O–H groups in total. The number of aryl methyl sites for hydroxylation is 1. The molecule has 2 aromatic rings. The summed E-state index contributed by atoms with van der Waals surface area (Å²) in [6, 6.07) is 7.43. The van der Waals surface area contributed by atoms with Crippen LogP contribution in [0.5, 0.6) is 5.75 Å². The topological polar surface area (TPSA) is 9.23 Å². The van der Waals surface area contributed by atoms with Gasteiger partial charge in [0.2, 0.25) is 0 Å². The smallest absolute Gasteiger partial charge is 0.165 e. The van der Waals surface area contributed by atoms with E-state index in [1.807, 2.05) is 6.07 Å². The van der Waals surface area contributed by atoms with Crippen molar-refractivity contribution in [2.24, 2.45) is 11.8 Å². The number of rotatable bonds is 6. The lowest BCUT2D eigenvalue weighted by Gasteiger charge is -2.26. The average Bonchev–Trinajstić information content (AvgIpc) is 2.65. The lowest BCUT2D eigenvalue weighted by molar-refractivity contribution is 0.277. The quantitative estimate of drug-likeness (QED) is 0.542. The molecule has 0 amide bonds. The number of halogens is 3. The van der Waals surface area contributed by atoms with Crippen LogP contribution in [0.25, 0.3) is 0 Å². The fraction of sp³-hybridized carbons (Fsp3) is 0.478. The Morgan fingerprint density at radius 2 is 1.52 bits per heavy atom. The summed E-state index contributed by atoms with van der Waals surface area (Å²) in [6.45, 7) is 3.61. The van der Waals surface area contributed by atoms with Gasteiger partial charge in [-0.15, -0.1) is 0 Å². The Hall–Kier alpha value is -1.97. The second-order valence-electron chi connectivity index (χ2n) is 7.90. The van der Waals surface area contributed by atoms with Crippen LogP contribution in [0.1, 0.15) is 55.7 Å². The summed E-state index contributed by atoms with van der Waals surface area (Å²) in [6.07, 6.45) is 7.10. The zero-order chi connectivity index (χ0) is 19.4. The van der Waals surface area contributed by atoms with Crippen molar-refractivity contribution in [3.8, 4) is 5.75 Å². The summed E-state index contributed by atoms with van der Waals surface area (Å²) in [5.74, 6) is 0.00429. The van der Waals surface area contributed by atoms with Crippen molar-refractivity contribution in [1.29, 1.82) is 0 Å². The van der Waals surface area contributed by atoms with Crippen molar-refractivity contribution >= 4 is 0 Å². The lowest BCUT2D eigenvalue weighted by atomic mass is 9.80. The van der Waals surface area contributed by atoms with E-state index in [1.165, 1.54) is 50.8 Å². The summed E-state index contributed by atoms with van der Waals surface area (Å²) in [7, 11) is 0. The van der Waals surface area contributed by atoms with E-state index in [4.69, 9.17) is 4.74 Å². The SMILES string of the molecule is Cc1c(F)cc(COc2ccc(CCC3CCC(C)CC3)cc2F)cc1F. The standard InChI is InChI=1S/C23H27F3O/c1-15-3-5-17(6-4-15)7-8-18-9-10-23(22(26)11-18)27-14-19-12-20(24)16(2)21(25)13-19/h9-13,15,17H,3-8,14H2,1-2H3. The third-order valence-electron chi connectivity index (χ3n) is 5.71. The first-order chi connectivity index (χ1) is 12.9. The highest BCUT2D eigenvalue weighted by Crippen LogP contribution is 2.31. The maximum absolute atomic E-state index is 14.3. The fourth-order valence-electron chi connectivity index (χ4n) is 3.75. The zero-order valence-electron chi connectivity index (χ0n) is 16.0. The molecular formula is C23H27F3O. The molecule has 1 aliphatic carbocycles. The van der Waals surface area contributed by atoms with E-state index in [0.29, 0.717) is 5.56 Å². The Balaban J connectivity index is 1.55. The van der Waals surface area contributed by atoms with E-state index in [1.54, 1.807) is 6.07 Å². The van der Waals surface area contributed by atoms with Crippen molar-refractivity contribution in [3.05, 3.63) is 64.5 Å². The number of ether oxygens (including phenoxy) is 1. The summed E-state index contributed by atoms with van der Waals surface area (Å²) < 4.78 is 46.9. The third-order valence-corrected chi connectivity index (χ3v) is 5.71. The Bertz CT molecular complexity index is 756. The molecule has 27 heavy (non-hydrogen) atoms. The molecule has 0 saturated heterocycles. The van der Waals surface area contributed by atoms with Crippen molar-refractivity contribution in [2.75, 3.05) is 0 Å². The number of benzene rings is 2. The van der Waals surface area contributed by atoms with Crippen LogP contribution in [0.15, 0.2) is 30.3 Å². The highest BCUT2D eigenvalue weighted by molar-refractivity contribution is 5.30. The molecular weight excluding hydrogens is 349 g/mol. The van der Waals surface area contributed by atoms with Gasteiger partial charge in [-0.1, -0.05) is 38.7 Å². The van der Waals surface area contributed by atoms with Crippen LogP contribution in [0.3, 0.4) is 0 Å². The molecule has 0 aromatic heterocycles. The van der Waals surface area contributed by atoms with Gasteiger partial charge in [0.15, 0.2) is 11.6 Å². The summed E-state index contributed by atoms with van der Waals surface area (Å²) in [4.78, 5) is 0. The van der Waals surface area contributed by atoms with Gasteiger partial charge in [-0.05, 0) is 67.0 Å². The first-order valence-corrected chi connectivity index (χ1v) is 9.78. The molecule has 3 rings (SSSR count). The van der Waals surface area contributed by atoms with E-state index < -0.39 is 17.5 Å². The van der Waals surface area contributed by atoms with Gasteiger partial charge < -0.3 is 4.74 Å². The Morgan fingerprint density at radius 1 is 0.889 bits per heavy atom. The zero-order valence-corrected chi connectivity index (χ0v) is 16.0. The normalized spacial score (nSPS) is 19.9. The molecule has 0 spiro atoms. The molecule has 4 heteroatoms. The maximum atomic E-state index is 14.3. The monoisotopic (exact) mass is 376 g/mol. The first-order valence-electron chi connectivity index (χ1n) is 9.78. The molecule has 0 radical (unpaired) electrons. The first kappa shape index (κ1) is 19.8. The minimum atomic E-state index is -0.624. The highest BCUT2D eigenvalue weighted by atomic mass is 19.1. The second kappa shape index (κ2) is 8.81. The summed E-state index contributed by atoms with van der Waals surface area (Å²) >= 11 is 0. The van der Waals surface area contributed by atoms with E-state index in [-0.39, 0.29) is 17.9 Å². The van der Waals surface area contributed by atoms with Crippen LogP contribution in [-0.4, -0.2) is 0 Å². The van der Waals surface area contributed by atoms with Crippen LogP contribution in [0.2, 0.25) is 0 Å². The Morgan fingerprint density at radius 3 is 2.15 bits per heavy atom. The third kappa shape index (κ3) is 5.27. The molecule has 0 unspecified atom stereocenters. The minimum absolute atomic E-state index is 0.0262. The van der Waals surface area contributed by atoms with E-state index in [2.05, 4.69) is 6.92 Å². The van der Waals surface area contributed by atoms with Gasteiger partial charge >= 0.3 is 0 Å². The van der Waals surface area contributed by atoms with Gasteiger partial charge in [0.1, 0.15) is 18.2 Å².